The van der Waals surface area contributed by atoms with Gasteiger partial charge in [0.15, 0.2) is 8.32 Å². The maximum absolute atomic E-state index is 11.4. The Labute approximate surface area is 102 Å². The van der Waals surface area contributed by atoms with Crippen LogP contribution in [-0.2, 0) is 14.0 Å². The van der Waals surface area contributed by atoms with E-state index in [-0.39, 0.29) is 5.97 Å². The van der Waals surface area contributed by atoms with E-state index in [9.17, 15) is 4.79 Å². The van der Waals surface area contributed by atoms with Gasteiger partial charge in [0.2, 0.25) is 0 Å². The summed E-state index contributed by atoms with van der Waals surface area (Å²) < 4.78 is 9.95. The molecule has 0 saturated heterocycles. The van der Waals surface area contributed by atoms with E-state index in [1.165, 1.54) is 0 Å². The minimum absolute atomic E-state index is 0.209. The van der Waals surface area contributed by atoms with Crippen LogP contribution in [0.25, 0.3) is 0 Å². The van der Waals surface area contributed by atoms with Crippen LogP contribution in [0.4, 0.5) is 0 Å². The van der Waals surface area contributed by atoms with Crippen LogP contribution in [0.3, 0.4) is 0 Å². The normalized spacial score (nSPS) is 12.7. The maximum Gasteiger partial charge on any atom is 0.322 e. The molecule has 0 spiro atoms. The van der Waals surface area contributed by atoms with Crippen molar-refractivity contribution >= 4 is 30.2 Å². The summed E-state index contributed by atoms with van der Waals surface area (Å²) in [5.41, 5.74) is 0. The molecule has 90 valence electrons. The van der Waals surface area contributed by atoms with Gasteiger partial charge < -0.3 is 9.16 Å². The molecular formula is C10H21BrO3Si. The summed E-state index contributed by atoms with van der Waals surface area (Å²) in [5, 5.41) is 0. The van der Waals surface area contributed by atoms with Crippen LogP contribution in [0.15, 0.2) is 0 Å². The zero-order valence-corrected chi connectivity index (χ0v) is 12.8. The van der Waals surface area contributed by atoms with Gasteiger partial charge in [0, 0.05) is 7.11 Å². The highest BCUT2D eigenvalue weighted by atomic mass is 79.9. The number of carbonyl (C=O) groups excluding carboxylic acids is 1. The maximum atomic E-state index is 11.4. The summed E-state index contributed by atoms with van der Waals surface area (Å²) in [4.78, 5) is 11.4. The molecule has 3 nitrogen and oxygen atoms in total. The van der Waals surface area contributed by atoms with Gasteiger partial charge in [0.25, 0.3) is 0 Å². The lowest BCUT2D eigenvalue weighted by molar-refractivity contribution is -0.145. The Morgan fingerprint density at radius 1 is 1.40 bits per heavy atom. The zero-order valence-electron chi connectivity index (χ0n) is 10.2. The molecule has 15 heavy (non-hydrogen) atoms. The summed E-state index contributed by atoms with van der Waals surface area (Å²) >= 11 is 3.26. The van der Waals surface area contributed by atoms with Crippen molar-refractivity contribution in [3.8, 4) is 0 Å². The van der Waals surface area contributed by atoms with E-state index < -0.39 is 12.6 Å². The number of halogens is 1. The molecule has 0 unspecified atom stereocenters. The lowest BCUT2D eigenvalue weighted by Gasteiger charge is -2.20. The van der Waals surface area contributed by atoms with Crippen LogP contribution < -0.4 is 0 Å². The second-order valence-electron chi connectivity index (χ2n) is 4.68. The molecule has 0 aromatic rings. The van der Waals surface area contributed by atoms with Crippen molar-refractivity contribution in [2.45, 2.75) is 43.7 Å². The zero-order chi connectivity index (χ0) is 12.1. The molecule has 0 N–H and O–H groups in total. The van der Waals surface area contributed by atoms with Gasteiger partial charge in [-0.25, -0.2) is 0 Å². The minimum Gasteiger partial charge on any atom is -0.465 e. The molecule has 0 bridgehead atoms. The van der Waals surface area contributed by atoms with Gasteiger partial charge in [-0.3, -0.25) is 4.79 Å². The Kier molecular flexibility index (Phi) is 6.06. The third-order valence-electron chi connectivity index (χ3n) is 2.19. The van der Waals surface area contributed by atoms with Crippen LogP contribution in [0.1, 0.15) is 20.3 Å². The second kappa shape index (κ2) is 6.01. The molecular weight excluding hydrogens is 276 g/mol. The third kappa shape index (κ3) is 7.08. The quantitative estimate of drug-likeness (QED) is 0.327. The monoisotopic (exact) mass is 296 g/mol. The fraction of sp³-hybridized carbons (Fsp3) is 0.900. The fourth-order valence-electron chi connectivity index (χ4n) is 0.936. The van der Waals surface area contributed by atoms with Gasteiger partial charge in [-0.15, -0.1) is 0 Å². The molecule has 0 heterocycles. The van der Waals surface area contributed by atoms with Crippen LogP contribution >= 0.6 is 15.9 Å². The number of esters is 1. The summed E-state index contributed by atoms with van der Waals surface area (Å²) in [6.45, 7) is 8.35. The van der Waals surface area contributed by atoms with Crippen LogP contribution in [-0.4, -0.2) is 32.3 Å². The van der Waals surface area contributed by atoms with Gasteiger partial charge in [-0.2, -0.15) is 0 Å². The number of hydrogen-bond donors (Lipinski definition) is 0. The number of hydrogen-bond acceptors (Lipinski definition) is 3. The van der Waals surface area contributed by atoms with E-state index in [2.05, 4.69) is 29.0 Å². The SMILES string of the molecule is CO[Si](C)(C)CCCOC(=O)C(C)(C)Br. The summed E-state index contributed by atoms with van der Waals surface area (Å²) in [5.74, 6) is -0.209. The molecule has 0 atom stereocenters. The van der Waals surface area contributed by atoms with Crippen LogP contribution in [0.2, 0.25) is 19.1 Å². The molecule has 0 amide bonds. The molecule has 0 aromatic heterocycles. The lowest BCUT2D eigenvalue weighted by atomic mass is 10.2. The Morgan fingerprint density at radius 3 is 2.33 bits per heavy atom. The predicted molar refractivity (Wildman–Crippen MR) is 67.9 cm³/mol. The molecule has 0 rings (SSSR count). The average Bonchev–Trinajstić information content (AvgIpc) is 2.10. The van der Waals surface area contributed by atoms with E-state index in [4.69, 9.17) is 9.16 Å². The number of carbonyl (C=O) groups is 1. The topological polar surface area (TPSA) is 35.5 Å². The van der Waals surface area contributed by atoms with Gasteiger partial charge in [0.05, 0.1) is 6.61 Å². The Bertz CT molecular complexity index is 211. The van der Waals surface area contributed by atoms with Crippen molar-refractivity contribution in [1.29, 1.82) is 0 Å². The second-order valence-corrected chi connectivity index (χ2v) is 11.1. The number of ether oxygens (including phenoxy) is 1. The first-order valence-corrected chi connectivity index (χ1v) is 9.01. The molecule has 0 saturated carbocycles. The highest BCUT2D eigenvalue weighted by molar-refractivity contribution is 9.10. The van der Waals surface area contributed by atoms with Crippen molar-refractivity contribution in [2.75, 3.05) is 13.7 Å². The highest BCUT2D eigenvalue weighted by Crippen LogP contribution is 2.18. The van der Waals surface area contributed by atoms with E-state index >= 15 is 0 Å². The summed E-state index contributed by atoms with van der Waals surface area (Å²) in [6, 6.07) is 1.01. The van der Waals surface area contributed by atoms with Gasteiger partial charge in [-0.1, -0.05) is 15.9 Å². The standard InChI is InChI=1S/C10H21BrO3Si/c1-10(2,11)9(12)14-7-6-8-15(4,5)13-3/h6-8H2,1-5H3. The Morgan fingerprint density at radius 2 is 1.93 bits per heavy atom. The summed E-state index contributed by atoms with van der Waals surface area (Å²) in [7, 11) is 0.252. The van der Waals surface area contributed by atoms with E-state index in [1.807, 2.05) is 0 Å². The fourth-order valence-corrected chi connectivity index (χ4v) is 2.25. The average molecular weight is 297 g/mol. The lowest BCUT2D eigenvalue weighted by Crippen LogP contribution is -2.30. The van der Waals surface area contributed by atoms with Crippen molar-refractivity contribution in [2.24, 2.45) is 0 Å². The summed E-state index contributed by atoms with van der Waals surface area (Å²) in [6.07, 6.45) is 0.877. The van der Waals surface area contributed by atoms with E-state index in [1.54, 1.807) is 21.0 Å². The Hall–Kier alpha value is 0.127. The minimum atomic E-state index is -1.50. The van der Waals surface area contributed by atoms with E-state index in [0.717, 1.165) is 12.5 Å². The van der Waals surface area contributed by atoms with Gasteiger partial charge in [0.1, 0.15) is 4.32 Å². The van der Waals surface area contributed by atoms with Crippen molar-refractivity contribution in [3.05, 3.63) is 0 Å². The molecule has 0 radical (unpaired) electrons. The third-order valence-corrected chi connectivity index (χ3v) is 5.18. The molecule has 5 heteroatoms. The smallest absolute Gasteiger partial charge is 0.322 e. The number of alkyl halides is 1. The van der Waals surface area contributed by atoms with Gasteiger partial charge >= 0.3 is 5.97 Å². The molecule has 0 fully saturated rings. The van der Waals surface area contributed by atoms with Crippen molar-refractivity contribution in [1.82, 2.24) is 0 Å². The molecule has 0 aromatic carbocycles. The molecule has 0 aliphatic rings. The first kappa shape index (κ1) is 15.1. The van der Waals surface area contributed by atoms with Crippen molar-refractivity contribution < 1.29 is 14.0 Å². The highest BCUT2D eigenvalue weighted by Gasteiger charge is 2.26. The largest absolute Gasteiger partial charge is 0.465 e. The predicted octanol–water partition coefficient (Wildman–Crippen LogP) is 2.94. The molecule has 0 aliphatic heterocycles. The van der Waals surface area contributed by atoms with Crippen LogP contribution in [0, 0.1) is 0 Å². The van der Waals surface area contributed by atoms with Gasteiger partial charge in [-0.05, 0) is 39.4 Å². The van der Waals surface area contributed by atoms with Crippen LogP contribution in [0.5, 0.6) is 0 Å². The Balaban J connectivity index is 3.69. The molecule has 0 aliphatic carbocycles. The first-order valence-electron chi connectivity index (χ1n) is 5.10. The first-order chi connectivity index (χ1) is 6.69. The van der Waals surface area contributed by atoms with E-state index in [0.29, 0.717) is 6.61 Å². The number of rotatable bonds is 6. The van der Waals surface area contributed by atoms with Crippen molar-refractivity contribution in [3.63, 3.8) is 0 Å².